The standard InChI is InChI=1S/C26H34O4/c1-19-11-13-21(3)23(17-19)25(27)29-15-9-7-5-6-8-10-16-30-26(28)24-18-20(2)12-14-22(24)4/h11-14,17-18H,5-10,15-16H2,1-4H3. The maximum Gasteiger partial charge on any atom is 0.338 e. The third-order valence-electron chi connectivity index (χ3n) is 5.23. The number of carbonyl (C=O) groups is 2. The molecule has 2 aromatic rings. The van der Waals surface area contributed by atoms with Gasteiger partial charge in [-0.1, -0.05) is 61.1 Å². The van der Waals surface area contributed by atoms with Crippen LogP contribution in [-0.2, 0) is 9.47 Å². The van der Waals surface area contributed by atoms with Gasteiger partial charge in [0.2, 0.25) is 0 Å². The number of ether oxygens (including phenoxy) is 2. The fraction of sp³-hybridized carbons (Fsp3) is 0.462. The molecule has 0 radical (unpaired) electrons. The topological polar surface area (TPSA) is 52.6 Å². The summed E-state index contributed by atoms with van der Waals surface area (Å²) in [6, 6.07) is 11.7. The summed E-state index contributed by atoms with van der Waals surface area (Å²) in [5.41, 5.74) is 5.34. The number of esters is 2. The molecule has 0 N–H and O–H groups in total. The predicted molar refractivity (Wildman–Crippen MR) is 120 cm³/mol. The Labute approximate surface area is 180 Å². The van der Waals surface area contributed by atoms with Gasteiger partial charge in [-0.05, 0) is 63.8 Å². The van der Waals surface area contributed by atoms with Gasteiger partial charge >= 0.3 is 11.9 Å². The summed E-state index contributed by atoms with van der Waals surface area (Å²) in [5, 5.41) is 0. The molecule has 0 heterocycles. The van der Waals surface area contributed by atoms with Gasteiger partial charge in [0.15, 0.2) is 0 Å². The number of rotatable bonds is 11. The molecule has 0 bridgehead atoms. The van der Waals surface area contributed by atoms with Crippen molar-refractivity contribution in [3.63, 3.8) is 0 Å². The summed E-state index contributed by atoms with van der Waals surface area (Å²) in [5.74, 6) is -0.469. The second-order valence-corrected chi connectivity index (χ2v) is 8.03. The monoisotopic (exact) mass is 410 g/mol. The van der Waals surface area contributed by atoms with Gasteiger partial charge in [-0.25, -0.2) is 9.59 Å². The molecule has 0 spiro atoms. The minimum atomic E-state index is -0.234. The first-order valence-electron chi connectivity index (χ1n) is 10.9. The lowest BCUT2D eigenvalue weighted by molar-refractivity contribution is 0.0483. The molecule has 0 aliphatic rings. The SMILES string of the molecule is Cc1ccc(C)c(C(=O)OCCCCCCCCOC(=O)c2cc(C)ccc2C)c1. The highest BCUT2D eigenvalue weighted by molar-refractivity contribution is 5.91. The van der Waals surface area contributed by atoms with Crippen LogP contribution < -0.4 is 0 Å². The summed E-state index contributed by atoms with van der Waals surface area (Å²) in [6.07, 6.45) is 5.99. The second kappa shape index (κ2) is 12.2. The fourth-order valence-electron chi connectivity index (χ4n) is 3.31. The van der Waals surface area contributed by atoms with Crippen LogP contribution in [0.2, 0.25) is 0 Å². The Morgan fingerprint density at radius 2 is 0.967 bits per heavy atom. The van der Waals surface area contributed by atoms with E-state index in [4.69, 9.17) is 9.47 Å². The van der Waals surface area contributed by atoms with E-state index in [0.717, 1.165) is 60.8 Å². The molecule has 0 aliphatic heterocycles. The third kappa shape index (κ3) is 7.66. The van der Waals surface area contributed by atoms with Crippen molar-refractivity contribution in [2.24, 2.45) is 0 Å². The van der Waals surface area contributed by atoms with Crippen LogP contribution >= 0.6 is 0 Å². The molecule has 0 fully saturated rings. The normalized spacial score (nSPS) is 10.7. The maximum atomic E-state index is 12.2. The van der Waals surface area contributed by atoms with E-state index in [2.05, 4.69) is 0 Å². The van der Waals surface area contributed by atoms with Crippen molar-refractivity contribution < 1.29 is 19.1 Å². The average molecular weight is 411 g/mol. The molecular weight excluding hydrogens is 376 g/mol. The van der Waals surface area contributed by atoms with Crippen molar-refractivity contribution in [2.75, 3.05) is 13.2 Å². The Kier molecular flexibility index (Phi) is 9.59. The summed E-state index contributed by atoms with van der Waals surface area (Å²) in [7, 11) is 0. The summed E-state index contributed by atoms with van der Waals surface area (Å²) >= 11 is 0. The largest absolute Gasteiger partial charge is 0.462 e. The maximum absolute atomic E-state index is 12.2. The molecular formula is C26H34O4. The Hall–Kier alpha value is -2.62. The molecule has 0 unspecified atom stereocenters. The van der Waals surface area contributed by atoms with Crippen LogP contribution in [0.15, 0.2) is 36.4 Å². The number of hydrogen-bond donors (Lipinski definition) is 0. The van der Waals surface area contributed by atoms with Gasteiger partial charge in [-0.3, -0.25) is 0 Å². The second-order valence-electron chi connectivity index (χ2n) is 8.03. The van der Waals surface area contributed by atoms with E-state index in [-0.39, 0.29) is 11.9 Å². The van der Waals surface area contributed by atoms with Crippen LogP contribution in [0.1, 0.15) is 81.5 Å². The van der Waals surface area contributed by atoms with Crippen molar-refractivity contribution in [1.82, 2.24) is 0 Å². The van der Waals surface area contributed by atoms with Crippen LogP contribution in [0, 0.1) is 27.7 Å². The highest BCUT2D eigenvalue weighted by atomic mass is 16.5. The quantitative estimate of drug-likeness (QED) is 0.323. The van der Waals surface area contributed by atoms with E-state index in [1.807, 2.05) is 64.1 Å². The van der Waals surface area contributed by atoms with E-state index in [0.29, 0.717) is 24.3 Å². The van der Waals surface area contributed by atoms with Crippen molar-refractivity contribution in [3.8, 4) is 0 Å². The first-order valence-corrected chi connectivity index (χ1v) is 10.9. The Bertz CT molecular complexity index is 783. The average Bonchev–Trinajstić information content (AvgIpc) is 2.72. The molecule has 2 aromatic carbocycles. The lowest BCUT2D eigenvalue weighted by atomic mass is 10.1. The Morgan fingerprint density at radius 1 is 0.600 bits per heavy atom. The Balaban J connectivity index is 1.51. The zero-order valence-electron chi connectivity index (χ0n) is 18.8. The van der Waals surface area contributed by atoms with Crippen molar-refractivity contribution in [2.45, 2.75) is 66.2 Å². The molecule has 0 aromatic heterocycles. The van der Waals surface area contributed by atoms with Gasteiger partial charge in [0.1, 0.15) is 0 Å². The van der Waals surface area contributed by atoms with Gasteiger partial charge in [0.05, 0.1) is 24.3 Å². The molecule has 30 heavy (non-hydrogen) atoms. The number of benzene rings is 2. The Morgan fingerprint density at radius 3 is 1.37 bits per heavy atom. The van der Waals surface area contributed by atoms with Crippen LogP contribution in [0.25, 0.3) is 0 Å². The summed E-state index contributed by atoms with van der Waals surface area (Å²) < 4.78 is 10.8. The molecule has 2 rings (SSSR count). The van der Waals surface area contributed by atoms with Crippen molar-refractivity contribution >= 4 is 11.9 Å². The minimum Gasteiger partial charge on any atom is -0.462 e. The van der Waals surface area contributed by atoms with Crippen molar-refractivity contribution in [3.05, 3.63) is 69.8 Å². The summed E-state index contributed by atoms with van der Waals surface area (Å²) in [4.78, 5) is 24.3. The molecule has 0 atom stereocenters. The number of aryl methyl sites for hydroxylation is 4. The zero-order chi connectivity index (χ0) is 21.9. The lowest BCUT2D eigenvalue weighted by Crippen LogP contribution is -2.09. The summed E-state index contributed by atoms with van der Waals surface area (Å²) in [6.45, 7) is 8.71. The highest BCUT2D eigenvalue weighted by Crippen LogP contribution is 2.14. The highest BCUT2D eigenvalue weighted by Gasteiger charge is 2.11. The van der Waals surface area contributed by atoms with Gasteiger partial charge in [-0.2, -0.15) is 0 Å². The van der Waals surface area contributed by atoms with Gasteiger partial charge in [-0.15, -0.1) is 0 Å². The molecule has 0 aliphatic carbocycles. The first-order chi connectivity index (χ1) is 14.4. The van der Waals surface area contributed by atoms with Crippen LogP contribution in [-0.4, -0.2) is 25.2 Å². The molecule has 4 nitrogen and oxygen atoms in total. The number of carbonyl (C=O) groups excluding carboxylic acids is 2. The van der Waals surface area contributed by atoms with E-state index >= 15 is 0 Å². The minimum absolute atomic E-state index is 0.234. The van der Waals surface area contributed by atoms with E-state index < -0.39 is 0 Å². The first kappa shape index (κ1) is 23.7. The van der Waals surface area contributed by atoms with Crippen molar-refractivity contribution in [1.29, 1.82) is 0 Å². The lowest BCUT2D eigenvalue weighted by Gasteiger charge is -2.09. The smallest absolute Gasteiger partial charge is 0.338 e. The molecule has 0 saturated carbocycles. The number of hydrogen-bond acceptors (Lipinski definition) is 4. The van der Waals surface area contributed by atoms with Gasteiger partial charge in [0, 0.05) is 0 Å². The van der Waals surface area contributed by atoms with E-state index in [9.17, 15) is 9.59 Å². The van der Waals surface area contributed by atoms with Crippen LogP contribution in [0.3, 0.4) is 0 Å². The van der Waals surface area contributed by atoms with Crippen LogP contribution in [0.5, 0.6) is 0 Å². The van der Waals surface area contributed by atoms with Gasteiger partial charge in [0.25, 0.3) is 0 Å². The number of unbranched alkanes of at least 4 members (excludes halogenated alkanes) is 5. The van der Waals surface area contributed by atoms with Crippen LogP contribution in [0.4, 0.5) is 0 Å². The third-order valence-corrected chi connectivity index (χ3v) is 5.23. The van der Waals surface area contributed by atoms with E-state index in [1.165, 1.54) is 0 Å². The zero-order valence-corrected chi connectivity index (χ0v) is 18.8. The molecule has 162 valence electrons. The molecule has 0 saturated heterocycles. The molecule has 0 amide bonds. The van der Waals surface area contributed by atoms with E-state index in [1.54, 1.807) is 0 Å². The molecule has 4 heteroatoms. The van der Waals surface area contributed by atoms with Gasteiger partial charge < -0.3 is 9.47 Å². The predicted octanol–water partition coefficient (Wildman–Crippen LogP) is 6.27. The fourth-order valence-corrected chi connectivity index (χ4v) is 3.31.